The predicted molar refractivity (Wildman–Crippen MR) is 136 cm³/mol. The lowest BCUT2D eigenvalue weighted by Crippen LogP contribution is -1.97. The summed E-state index contributed by atoms with van der Waals surface area (Å²) in [5.74, 6) is -1.74. The minimum Gasteiger partial charge on any atom is -0.272 e. The average Bonchev–Trinajstić information content (AvgIpc) is 3.53. The largest absolute Gasteiger partial charge is 0.272 e. The van der Waals surface area contributed by atoms with Crippen molar-refractivity contribution in [1.29, 1.82) is 0 Å². The third-order valence-corrected chi connectivity index (χ3v) is 6.57. The van der Waals surface area contributed by atoms with E-state index in [4.69, 9.17) is 4.98 Å². The fourth-order valence-electron chi connectivity index (χ4n) is 4.69. The van der Waals surface area contributed by atoms with Gasteiger partial charge in [-0.25, -0.2) is 13.8 Å². The second kappa shape index (κ2) is 9.07. The number of aromatic nitrogens is 5. The molecule has 0 radical (unpaired) electrons. The first-order valence-electron chi connectivity index (χ1n) is 12.0. The monoisotopic (exact) mass is 479 g/mol. The van der Waals surface area contributed by atoms with Crippen LogP contribution in [0, 0.1) is 11.6 Å². The van der Waals surface area contributed by atoms with Crippen molar-refractivity contribution in [3.05, 3.63) is 107 Å². The van der Waals surface area contributed by atoms with E-state index in [2.05, 4.69) is 22.0 Å². The summed E-state index contributed by atoms with van der Waals surface area (Å²) in [4.78, 5) is 14.2. The Morgan fingerprint density at radius 3 is 2.67 bits per heavy atom. The van der Waals surface area contributed by atoms with E-state index >= 15 is 0 Å². The van der Waals surface area contributed by atoms with E-state index < -0.39 is 11.6 Å². The maximum absolute atomic E-state index is 14.1. The number of halogens is 2. The van der Waals surface area contributed by atoms with Gasteiger partial charge in [0.2, 0.25) is 0 Å². The molecule has 0 spiro atoms. The van der Waals surface area contributed by atoms with Crippen LogP contribution >= 0.6 is 0 Å². The molecule has 36 heavy (non-hydrogen) atoms. The van der Waals surface area contributed by atoms with Crippen molar-refractivity contribution in [3.63, 3.8) is 0 Å². The highest BCUT2D eigenvalue weighted by Gasteiger charge is 2.26. The van der Waals surface area contributed by atoms with E-state index in [9.17, 15) is 8.78 Å². The first-order chi connectivity index (χ1) is 17.6. The van der Waals surface area contributed by atoms with Crippen LogP contribution in [0.3, 0.4) is 0 Å². The van der Waals surface area contributed by atoms with Gasteiger partial charge in [0.25, 0.3) is 0 Å². The first-order valence-corrected chi connectivity index (χ1v) is 12.0. The number of allylic oxidation sites excluding steroid dienone is 1. The number of benzene rings is 1. The predicted octanol–water partition coefficient (Wildman–Crippen LogP) is 6.48. The number of pyridine rings is 3. The third kappa shape index (κ3) is 3.96. The number of unbranched alkanes of at least 4 members (excludes halogenated alkanes) is 1. The van der Waals surface area contributed by atoms with Crippen molar-refractivity contribution >= 4 is 22.2 Å². The van der Waals surface area contributed by atoms with E-state index in [1.54, 1.807) is 12.3 Å². The molecule has 7 heteroatoms. The summed E-state index contributed by atoms with van der Waals surface area (Å²) in [6, 6.07) is 13.8. The molecule has 1 aliphatic rings. The Hall–Kier alpha value is -4.26. The molecule has 5 nitrogen and oxygen atoms in total. The van der Waals surface area contributed by atoms with Gasteiger partial charge in [0, 0.05) is 48.3 Å². The summed E-state index contributed by atoms with van der Waals surface area (Å²) in [7, 11) is 0. The van der Waals surface area contributed by atoms with Crippen molar-refractivity contribution in [1.82, 2.24) is 24.7 Å². The lowest BCUT2D eigenvalue weighted by Gasteiger charge is -2.10. The average molecular weight is 480 g/mol. The fourth-order valence-corrected chi connectivity index (χ4v) is 4.69. The Kier molecular flexibility index (Phi) is 5.60. The van der Waals surface area contributed by atoms with E-state index in [1.807, 2.05) is 53.6 Å². The molecule has 0 saturated carbocycles. The van der Waals surface area contributed by atoms with Crippen LogP contribution in [0.4, 0.5) is 8.78 Å². The highest BCUT2D eigenvalue weighted by molar-refractivity contribution is 6.02. The molecule has 0 fully saturated rings. The van der Waals surface area contributed by atoms with E-state index in [0.29, 0.717) is 12.0 Å². The van der Waals surface area contributed by atoms with Crippen molar-refractivity contribution in [2.24, 2.45) is 0 Å². The zero-order valence-electron chi connectivity index (χ0n) is 19.7. The van der Waals surface area contributed by atoms with Crippen LogP contribution in [0.15, 0.2) is 73.3 Å². The van der Waals surface area contributed by atoms with Crippen LogP contribution in [0.25, 0.3) is 33.3 Å². The van der Waals surface area contributed by atoms with Crippen LogP contribution in [0.5, 0.6) is 0 Å². The lowest BCUT2D eigenvalue weighted by atomic mass is 9.98. The van der Waals surface area contributed by atoms with Gasteiger partial charge in [-0.05, 0) is 59.5 Å². The van der Waals surface area contributed by atoms with Gasteiger partial charge in [0.1, 0.15) is 0 Å². The molecule has 4 aromatic heterocycles. The molecule has 0 unspecified atom stereocenters. The van der Waals surface area contributed by atoms with Crippen molar-refractivity contribution in [3.8, 4) is 11.1 Å². The molecule has 0 N–H and O–H groups in total. The van der Waals surface area contributed by atoms with Crippen LogP contribution in [-0.2, 0) is 13.0 Å². The molecule has 178 valence electrons. The first kappa shape index (κ1) is 22.2. The Morgan fingerprint density at radius 2 is 1.81 bits per heavy atom. The fraction of sp³-hybridized carbons (Fsp3) is 0.172. The zero-order chi connectivity index (χ0) is 24.6. The summed E-state index contributed by atoms with van der Waals surface area (Å²) in [6.45, 7) is 3.04. The molecule has 0 aliphatic heterocycles. The molecular weight excluding hydrogens is 456 g/mol. The summed E-state index contributed by atoms with van der Waals surface area (Å²) >= 11 is 0. The highest BCUT2D eigenvalue weighted by Crippen LogP contribution is 2.41. The summed E-state index contributed by atoms with van der Waals surface area (Å²) in [5.41, 5.74) is 8.32. The number of aryl methyl sites for hydroxylation is 1. The van der Waals surface area contributed by atoms with Gasteiger partial charge in [0.15, 0.2) is 11.6 Å². The number of nitrogens with zero attached hydrogens (tertiary/aromatic N) is 5. The smallest absolute Gasteiger partial charge is 0.159 e. The van der Waals surface area contributed by atoms with E-state index in [-0.39, 0.29) is 0 Å². The normalized spacial score (nSPS) is 13.0. The van der Waals surface area contributed by atoms with Crippen molar-refractivity contribution < 1.29 is 8.78 Å². The van der Waals surface area contributed by atoms with Crippen LogP contribution < -0.4 is 0 Å². The second-order valence-electron chi connectivity index (χ2n) is 8.97. The Morgan fingerprint density at radius 1 is 0.889 bits per heavy atom. The van der Waals surface area contributed by atoms with Crippen molar-refractivity contribution in [2.45, 2.75) is 32.7 Å². The molecule has 1 aliphatic carbocycles. The molecule has 4 heterocycles. The van der Waals surface area contributed by atoms with Crippen molar-refractivity contribution in [2.75, 3.05) is 0 Å². The van der Waals surface area contributed by atoms with Gasteiger partial charge in [0.05, 0.1) is 28.6 Å². The molecule has 0 atom stereocenters. The number of hydrogen-bond acceptors (Lipinski definition) is 4. The number of fused-ring (bicyclic) bond motifs is 2. The summed E-state index contributed by atoms with van der Waals surface area (Å²) in [6.07, 6.45) is 10.2. The lowest BCUT2D eigenvalue weighted by molar-refractivity contribution is 0.508. The third-order valence-electron chi connectivity index (χ3n) is 6.57. The highest BCUT2D eigenvalue weighted by atomic mass is 19.2. The Bertz CT molecular complexity index is 1640. The minimum atomic E-state index is -0.872. The van der Waals surface area contributed by atoms with Crippen LogP contribution in [0.1, 0.15) is 42.3 Å². The second-order valence-corrected chi connectivity index (χ2v) is 8.97. The molecule has 5 aromatic rings. The molecule has 6 rings (SSSR count). The molecule has 0 amide bonds. The summed E-state index contributed by atoms with van der Waals surface area (Å²) in [5, 5.41) is 4.47. The number of hydrogen-bond donors (Lipinski definition) is 0. The number of rotatable bonds is 6. The van der Waals surface area contributed by atoms with Crippen LogP contribution in [-0.4, -0.2) is 24.7 Å². The van der Waals surface area contributed by atoms with E-state index in [0.717, 1.165) is 75.7 Å². The van der Waals surface area contributed by atoms with Gasteiger partial charge >= 0.3 is 0 Å². The zero-order valence-corrected chi connectivity index (χ0v) is 19.7. The van der Waals surface area contributed by atoms with Gasteiger partial charge in [-0.2, -0.15) is 5.10 Å². The maximum Gasteiger partial charge on any atom is 0.159 e. The standard InChI is InChI=1S/C29H23F2N5/c1-2-3-11-36-17-21(16-34-36)20-14-27-25(33-15-20)8-9-26(35-27)28-22(12-19-5-4-10-32-29(19)28)18-6-7-23(30)24(31)13-18/h4-10,13-17H,2-3,11-12H2,1H3. The molecule has 0 saturated heterocycles. The van der Waals surface area contributed by atoms with E-state index in [1.165, 1.54) is 6.07 Å². The van der Waals surface area contributed by atoms with Crippen LogP contribution in [0.2, 0.25) is 0 Å². The van der Waals surface area contributed by atoms with Gasteiger partial charge in [-0.3, -0.25) is 14.6 Å². The minimum absolute atomic E-state index is 0.568. The Balaban J connectivity index is 1.46. The van der Waals surface area contributed by atoms with Gasteiger partial charge in [-0.15, -0.1) is 0 Å². The van der Waals surface area contributed by atoms with Gasteiger partial charge < -0.3 is 0 Å². The maximum atomic E-state index is 14.1. The molecule has 0 bridgehead atoms. The Labute approximate surface area is 207 Å². The quantitative estimate of drug-likeness (QED) is 0.280. The van der Waals surface area contributed by atoms with Gasteiger partial charge in [-0.1, -0.05) is 25.5 Å². The molecule has 1 aromatic carbocycles. The SMILES string of the molecule is CCCCn1cc(-c2cnc3ccc(C4=C(c5ccc(F)c(F)c5)Cc5cccnc54)nc3c2)cn1. The topological polar surface area (TPSA) is 56.5 Å². The molecular formula is C29H23F2N5. The summed E-state index contributed by atoms with van der Waals surface area (Å²) < 4.78 is 29.7.